The zero-order valence-electron chi connectivity index (χ0n) is 29.8. The van der Waals surface area contributed by atoms with E-state index in [4.69, 9.17) is 14.4 Å². The van der Waals surface area contributed by atoms with Gasteiger partial charge in [-0.25, -0.2) is 9.98 Å². The number of aliphatic imine (C=N–C) groups is 2. The molecule has 2 heterocycles. The number of hydrogen-bond donors (Lipinski definition) is 1. The lowest BCUT2D eigenvalue weighted by Crippen LogP contribution is -2.36. The van der Waals surface area contributed by atoms with Gasteiger partial charge in [-0.3, -0.25) is 0 Å². The van der Waals surface area contributed by atoms with Crippen LogP contribution in [0.1, 0.15) is 22.9 Å². The minimum Gasteiger partial charge on any atom is -0.456 e. The molecule has 1 N–H and O–H groups in total. The van der Waals surface area contributed by atoms with E-state index in [1.165, 1.54) is 27.1 Å². The van der Waals surface area contributed by atoms with Crippen LogP contribution in [0.15, 0.2) is 202 Å². The monoisotopic (exact) mass is 703 g/mol. The Morgan fingerprint density at radius 3 is 1.91 bits per heavy atom. The first-order valence-electron chi connectivity index (χ1n) is 18.7. The largest absolute Gasteiger partial charge is 0.456 e. The van der Waals surface area contributed by atoms with Gasteiger partial charge in [0.15, 0.2) is 6.17 Å². The maximum absolute atomic E-state index is 6.61. The van der Waals surface area contributed by atoms with Crippen molar-refractivity contribution in [2.75, 3.05) is 0 Å². The molecule has 0 saturated heterocycles. The Bertz CT molecular complexity index is 3190. The van der Waals surface area contributed by atoms with Gasteiger partial charge >= 0.3 is 0 Å². The number of nitrogens with zero attached hydrogens (tertiary/aromatic N) is 2. The third-order valence-corrected chi connectivity index (χ3v) is 10.9. The van der Waals surface area contributed by atoms with Gasteiger partial charge in [-0.2, -0.15) is 0 Å². The highest BCUT2D eigenvalue weighted by Crippen LogP contribution is 2.44. The Kier molecular flexibility index (Phi) is 7.20. The summed E-state index contributed by atoms with van der Waals surface area (Å²) < 4.78 is 6.61. The molecule has 0 fully saturated rings. The smallest absolute Gasteiger partial charge is 0.170 e. The van der Waals surface area contributed by atoms with E-state index in [-0.39, 0.29) is 0 Å². The molecule has 1 aliphatic rings. The molecule has 1 atom stereocenters. The molecule has 9 aromatic carbocycles. The van der Waals surface area contributed by atoms with Crippen LogP contribution in [-0.2, 0) is 0 Å². The molecule has 0 bridgehead atoms. The van der Waals surface area contributed by atoms with Gasteiger partial charge in [-0.05, 0) is 78.8 Å². The summed E-state index contributed by atoms with van der Waals surface area (Å²) >= 11 is 0. The van der Waals surface area contributed by atoms with Crippen LogP contribution in [0.3, 0.4) is 0 Å². The molecular weight excluding hydrogens is 671 g/mol. The second kappa shape index (κ2) is 12.7. The second-order valence-electron chi connectivity index (χ2n) is 14.2. The third-order valence-electron chi connectivity index (χ3n) is 10.9. The van der Waals surface area contributed by atoms with E-state index in [1.807, 2.05) is 24.3 Å². The zero-order valence-corrected chi connectivity index (χ0v) is 29.8. The van der Waals surface area contributed by atoms with Crippen LogP contribution in [0, 0.1) is 0 Å². The molecule has 55 heavy (non-hydrogen) atoms. The average Bonchev–Trinajstić information content (AvgIpc) is 3.64. The molecule has 1 aromatic heterocycles. The Morgan fingerprint density at radius 1 is 0.382 bits per heavy atom. The van der Waals surface area contributed by atoms with Crippen LogP contribution in [0.4, 0.5) is 0 Å². The van der Waals surface area contributed by atoms with E-state index in [0.29, 0.717) is 0 Å². The molecule has 0 saturated carbocycles. The maximum Gasteiger partial charge on any atom is 0.170 e. The van der Waals surface area contributed by atoms with Gasteiger partial charge in [-0.15, -0.1) is 0 Å². The minimum atomic E-state index is -0.464. The van der Waals surface area contributed by atoms with E-state index < -0.39 is 6.17 Å². The Labute approximate surface area is 317 Å². The summed E-state index contributed by atoms with van der Waals surface area (Å²) in [4.78, 5) is 10.6. The molecule has 1 unspecified atom stereocenters. The Hall–Kier alpha value is -7.30. The van der Waals surface area contributed by atoms with Crippen molar-refractivity contribution in [2.24, 2.45) is 9.98 Å². The van der Waals surface area contributed by atoms with Crippen molar-refractivity contribution >= 4 is 65.9 Å². The first-order chi connectivity index (χ1) is 27.2. The standard InChI is InChI=1S/C51H33N3O/c1-2-15-34(16-3-1)49-52-50(36-26-25-32-13-4-5-17-35(32)29-36)54-51(53-49)43-28-27-42(40-20-8-9-21-41(40)43)45-30-37(39-23-12-18-33-14-6-7-19-38(33)39)31-47-48(45)44-22-10-11-24-46(44)55-47/h1-31,51H,(H,52,53,54). The summed E-state index contributed by atoms with van der Waals surface area (Å²) in [6.45, 7) is 0. The van der Waals surface area contributed by atoms with E-state index in [2.05, 4.69) is 169 Å². The minimum absolute atomic E-state index is 0.464. The number of hydrogen-bond acceptors (Lipinski definition) is 4. The first-order valence-corrected chi connectivity index (χ1v) is 18.7. The highest BCUT2D eigenvalue weighted by atomic mass is 16.3. The van der Waals surface area contributed by atoms with Gasteiger partial charge in [-0.1, -0.05) is 164 Å². The quantitative estimate of drug-likeness (QED) is 0.194. The summed E-state index contributed by atoms with van der Waals surface area (Å²) in [5, 5.41) is 12.8. The van der Waals surface area contributed by atoms with Crippen molar-refractivity contribution in [1.29, 1.82) is 0 Å². The van der Waals surface area contributed by atoms with Gasteiger partial charge in [0, 0.05) is 27.5 Å². The fourth-order valence-corrected chi connectivity index (χ4v) is 8.30. The number of fused-ring (bicyclic) bond motifs is 6. The van der Waals surface area contributed by atoms with Crippen molar-refractivity contribution in [3.8, 4) is 22.3 Å². The van der Waals surface area contributed by atoms with Crippen molar-refractivity contribution in [3.05, 3.63) is 205 Å². The van der Waals surface area contributed by atoms with E-state index >= 15 is 0 Å². The highest BCUT2D eigenvalue weighted by Gasteiger charge is 2.24. The molecule has 1 aliphatic heterocycles. The van der Waals surface area contributed by atoms with E-state index in [0.717, 1.165) is 77.8 Å². The van der Waals surface area contributed by atoms with Crippen LogP contribution in [0.5, 0.6) is 0 Å². The summed E-state index contributed by atoms with van der Waals surface area (Å²) in [6.07, 6.45) is -0.464. The number of furan rings is 1. The molecule has 4 heteroatoms. The predicted octanol–water partition coefficient (Wildman–Crippen LogP) is 12.9. The Balaban J connectivity index is 1.13. The van der Waals surface area contributed by atoms with Crippen molar-refractivity contribution < 1.29 is 4.42 Å². The lowest BCUT2D eigenvalue weighted by molar-refractivity contribution is 0.669. The molecule has 0 aliphatic carbocycles. The SMILES string of the molecule is c1ccc(C2=NC(c3ccc(-c4cc(-c5cccc6ccccc56)cc5oc6ccccc6c45)c4ccccc34)N=C(c3ccc4ccccc4c3)N2)cc1. The number of nitrogens with one attached hydrogen (secondary N) is 1. The highest BCUT2D eigenvalue weighted by molar-refractivity contribution is 6.18. The third kappa shape index (κ3) is 5.30. The number of para-hydroxylation sites is 1. The summed E-state index contributed by atoms with van der Waals surface area (Å²) in [5.74, 6) is 1.60. The topological polar surface area (TPSA) is 49.9 Å². The predicted molar refractivity (Wildman–Crippen MR) is 229 cm³/mol. The maximum atomic E-state index is 6.61. The van der Waals surface area contributed by atoms with Crippen LogP contribution < -0.4 is 5.32 Å². The average molecular weight is 704 g/mol. The van der Waals surface area contributed by atoms with Crippen LogP contribution in [0.2, 0.25) is 0 Å². The number of amidine groups is 2. The number of benzene rings is 9. The van der Waals surface area contributed by atoms with Gasteiger partial charge < -0.3 is 9.73 Å². The van der Waals surface area contributed by atoms with Crippen molar-refractivity contribution in [1.82, 2.24) is 5.32 Å². The van der Waals surface area contributed by atoms with Gasteiger partial charge in [0.05, 0.1) is 0 Å². The van der Waals surface area contributed by atoms with Gasteiger partial charge in [0.25, 0.3) is 0 Å². The van der Waals surface area contributed by atoms with Gasteiger partial charge in [0.1, 0.15) is 22.8 Å². The normalized spacial score (nSPS) is 14.4. The molecule has 10 aromatic rings. The first kappa shape index (κ1) is 31.2. The lowest BCUT2D eigenvalue weighted by Gasteiger charge is -2.24. The van der Waals surface area contributed by atoms with Crippen LogP contribution in [-0.4, -0.2) is 11.7 Å². The van der Waals surface area contributed by atoms with Gasteiger partial charge in [0.2, 0.25) is 0 Å². The van der Waals surface area contributed by atoms with Crippen LogP contribution >= 0.6 is 0 Å². The summed E-state index contributed by atoms with van der Waals surface area (Å²) in [5.41, 5.74) is 9.39. The zero-order chi connectivity index (χ0) is 36.3. The molecule has 0 radical (unpaired) electrons. The Morgan fingerprint density at radius 2 is 1.05 bits per heavy atom. The molecule has 0 spiro atoms. The molecule has 258 valence electrons. The fourth-order valence-electron chi connectivity index (χ4n) is 8.30. The summed E-state index contributed by atoms with van der Waals surface area (Å²) in [7, 11) is 0. The van der Waals surface area contributed by atoms with Crippen LogP contribution in [0.25, 0.3) is 76.5 Å². The molecule has 4 nitrogen and oxygen atoms in total. The molecule has 11 rings (SSSR count). The molecular formula is C51H33N3O. The lowest BCUT2D eigenvalue weighted by atomic mass is 9.89. The summed E-state index contributed by atoms with van der Waals surface area (Å²) in [6, 6.07) is 66.4. The number of rotatable bonds is 5. The molecule has 0 amide bonds. The van der Waals surface area contributed by atoms with Crippen molar-refractivity contribution in [3.63, 3.8) is 0 Å². The van der Waals surface area contributed by atoms with E-state index in [9.17, 15) is 0 Å². The van der Waals surface area contributed by atoms with E-state index in [1.54, 1.807) is 0 Å². The van der Waals surface area contributed by atoms with Crippen molar-refractivity contribution in [2.45, 2.75) is 6.17 Å². The fraction of sp³-hybridized carbons (Fsp3) is 0.0196. The second-order valence-corrected chi connectivity index (χ2v) is 14.2.